The van der Waals surface area contributed by atoms with Gasteiger partial charge in [0.25, 0.3) is 27.4 Å². The SMILES string of the molecule is O=C(NNC(=O)C1CCCN1S(=O)(=O)c1cccs1)c1n[nH]c(=O)c2ccccc12. The molecule has 3 N–H and O–H groups in total. The predicted molar refractivity (Wildman–Crippen MR) is 109 cm³/mol. The van der Waals surface area contributed by atoms with Crippen molar-refractivity contribution in [2.24, 2.45) is 0 Å². The first-order valence-corrected chi connectivity index (χ1v) is 11.3. The van der Waals surface area contributed by atoms with Crippen LogP contribution < -0.4 is 16.4 Å². The lowest BCUT2D eigenvalue weighted by molar-refractivity contribution is -0.125. The van der Waals surface area contributed by atoms with E-state index in [1.807, 2.05) is 0 Å². The van der Waals surface area contributed by atoms with Crippen molar-refractivity contribution in [3.63, 3.8) is 0 Å². The molecule has 0 aliphatic carbocycles. The van der Waals surface area contributed by atoms with Crippen LogP contribution in [0.5, 0.6) is 0 Å². The quantitative estimate of drug-likeness (QED) is 0.500. The van der Waals surface area contributed by atoms with Gasteiger partial charge in [0.05, 0.1) is 5.39 Å². The van der Waals surface area contributed by atoms with E-state index >= 15 is 0 Å². The first-order chi connectivity index (χ1) is 14.4. The molecule has 12 heteroatoms. The fraction of sp³-hybridized carbons (Fsp3) is 0.222. The maximum atomic E-state index is 12.8. The van der Waals surface area contributed by atoms with E-state index in [0.717, 1.165) is 15.6 Å². The predicted octanol–water partition coefficient (Wildman–Crippen LogP) is 0.599. The number of carbonyl (C=O) groups excluding carboxylic acids is 2. The van der Waals surface area contributed by atoms with E-state index in [1.165, 1.54) is 6.07 Å². The minimum atomic E-state index is -3.79. The summed E-state index contributed by atoms with van der Waals surface area (Å²) in [5.41, 5.74) is 4.02. The van der Waals surface area contributed by atoms with Crippen LogP contribution in [-0.2, 0) is 14.8 Å². The Morgan fingerprint density at radius 2 is 1.90 bits per heavy atom. The van der Waals surface area contributed by atoms with Crippen molar-refractivity contribution in [1.82, 2.24) is 25.4 Å². The minimum absolute atomic E-state index is 0.0695. The zero-order valence-electron chi connectivity index (χ0n) is 15.5. The molecule has 0 bridgehead atoms. The molecule has 4 rings (SSSR count). The fourth-order valence-electron chi connectivity index (χ4n) is 3.36. The van der Waals surface area contributed by atoms with Crippen molar-refractivity contribution in [3.05, 3.63) is 57.8 Å². The average Bonchev–Trinajstić information content (AvgIpc) is 3.45. The lowest BCUT2D eigenvalue weighted by atomic mass is 10.1. The van der Waals surface area contributed by atoms with E-state index in [1.54, 1.807) is 35.7 Å². The Hall–Kier alpha value is -3.09. The third-order valence-electron chi connectivity index (χ3n) is 4.77. The van der Waals surface area contributed by atoms with E-state index in [9.17, 15) is 22.8 Å². The Kier molecular flexibility index (Phi) is 5.37. The van der Waals surface area contributed by atoms with Crippen LogP contribution in [0.2, 0.25) is 0 Å². The third kappa shape index (κ3) is 3.60. The van der Waals surface area contributed by atoms with Gasteiger partial charge in [-0.15, -0.1) is 11.3 Å². The molecular formula is C18H17N5O5S2. The summed E-state index contributed by atoms with van der Waals surface area (Å²) in [5, 5.41) is 8.27. The van der Waals surface area contributed by atoms with Crippen molar-refractivity contribution >= 4 is 43.9 Å². The largest absolute Gasteiger partial charge is 0.290 e. The van der Waals surface area contributed by atoms with Crippen LogP contribution in [-0.4, -0.2) is 47.3 Å². The van der Waals surface area contributed by atoms with Crippen LogP contribution in [0.25, 0.3) is 10.8 Å². The highest BCUT2D eigenvalue weighted by Crippen LogP contribution is 2.28. The number of amides is 2. The zero-order valence-corrected chi connectivity index (χ0v) is 17.1. The number of nitrogens with zero attached hydrogens (tertiary/aromatic N) is 2. The van der Waals surface area contributed by atoms with Gasteiger partial charge >= 0.3 is 0 Å². The number of fused-ring (bicyclic) bond motifs is 1. The van der Waals surface area contributed by atoms with Gasteiger partial charge in [0.2, 0.25) is 0 Å². The molecule has 2 aromatic heterocycles. The Labute approximate surface area is 174 Å². The molecule has 30 heavy (non-hydrogen) atoms. The van der Waals surface area contributed by atoms with Crippen molar-refractivity contribution in [2.75, 3.05) is 6.54 Å². The summed E-state index contributed by atoms with van der Waals surface area (Å²) in [7, 11) is -3.79. The van der Waals surface area contributed by atoms with E-state index in [-0.39, 0.29) is 21.8 Å². The summed E-state index contributed by atoms with van der Waals surface area (Å²) in [5.74, 6) is -1.38. The number of hydrogen-bond acceptors (Lipinski definition) is 7. The average molecular weight is 447 g/mol. The number of sulfonamides is 1. The summed E-state index contributed by atoms with van der Waals surface area (Å²) >= 11 is 1.08. The van der Waals surface area contributed by atoms with Crippen LogP contribution in [0, 0.1) is 0 Å². The molecular weight excluding hydrogens is 430 g/mol. The molecule has 0 spiro atoms. The lowest BCUT2D eigenvalue weighted by Gasteiger charge is -2.22. The Balaban J connectivity index is 1.49. The number of rotatable bonds is 4. The topological polar surface area (TPSA) is 141 Å². The van der Waals surface area contributed by atoms with Crippen molar-refractivity contribution in [3.8, 4) is 0 Å². The normalized spacial score (nSPS) is 17.1. The molecule has 3 aromatic rings. The number of benzene rings is 1. The van der Waals surface area contributed by atoms with E-state index in [2.05, 4.69) is 21.0 Å². The summed E-state index contributed by atoms with van der Waals surface area (Å²) in [6, 6.07) is 8.62. The molecule has 156 valence electrons. The van der Waals surface area contributed by atoms with Gasteiger partial charge in [0, 0.05) is 11.9 Å². The van der Waals surface area contributed by atoms with Crippen LogP contribution in [0.1, 0.15) is 23.3 Å². The number of H-pyrrole nitrogens is 1. The van der Waals surface area contributed by atoms with Crippen molar-refractivity contribution in [1.29, 1.82) is 0 Å². The zero-order chi connectivity index (χ0) is 21.3. The number of nitrogens with one attached hydrogen (secondary N) is 3. The number of aromatic amines is 1. The van der Waals surface area contributed by atoms with Gasteiger partial charge in [-0.25, -0.2) is 13.5 Å². The van der Waals surface area contributed by atoms with Gasteiger partial charge in [0.15, 0.2) is 5.69 Å². The molecule has 1 saturated heterocycles. The minimum Gasteiger partial charge on any atom is -0.271 e. The number of carbonyl (C=O) groups is 2. The van der Waals surface area contributed by atoms with Gasteiger partial charge in [-0.1, -0.05) is 24.3 Å². The molecule has 3 heterocycles. The molecule has 0 radical (unpaired) electrons. The highest BCUT2D eigenvalue weighted by molar-refractivity contribution is 7.91. The maximum absolute atomic E-state index is 12.8. The molecule has 1 aromatic carbocycles. The van der Waals surface area contributed by atoms with Crippen LogP contribution in [0.3, 0.4) is 0 Å². The smallest absolute Gasteiger partial charge is 0.271 e. The summed E-state index contributed by atoms with van der Waals surface area (Å²) in [6.45, 7) is 0.221. The molecule has 1 aliphatic heterocycles. The van der Waals surface area contributed by atoms with Gasteiger partial charge in [-0.3, -0.25) is 25.2 Å². The summed E-state index contributed by atoms with van der Waals surface area (Å²) < 4.78 is 26.9. The second kappa shape index (κ2) is 7.97. The Morgan fingerprint density at radius 1 is 1.13 bits per heavy atom. The van der Waals surface area contributed by atoms with Gasteiger partial charge in [0.1, 0.15) is 10.3 Å². The van der Waals surface area contributed by atoms with Crippen molar-refractivity contribution in [2.45, 2.75) is 23.1 Å². The van der Waals surface area contributed by atoms with Gasteiger partial charge in [-0.2, -0.15) is 9.40 Å². The number of hydrazine groups is 1. The highest BCUT2D eigenvalue weighted by Gasteiger charge is 2.40. The summed E-state index contributed by atoms with van der Waals surface area (Å²) in [6.07, 6.45) is 0.870. The molecule has 1 fully saturated rings. The second-order valence-electron chi connectivity index (χ2n) is 6.60. The van der Waals surface area contributed by atoms with Crippen molar-refractivity contribution < 1.29 is 18.0 Å². The standard InChI is InChI=1S/C18H17N5O5S2/c24-16-12-6-2-1-5-11(12)15(19-20-16)18(26)22-21-17(25)13-7-3-9-23(13)30(27,28)14-8-4-10-29-14/h1-2,4-6,8,10,13H,3,7,9H2,(H,20,24)(H,21,25)(H,22,26). The van der Waals surface area contributed by atoms with Crippen LogP contribution in [0.15, 0.2) is 50.8 Å². The van der Waals surface area contributed by atoms with Crippen LogP contribution >= 0.6 is 11.3 Å². The number of thiophene rings is 1. The molecule has 10 nitrogen and oxygen atoms in total. The summed E-state index contributed by atoms with van der Waals surface area (Å²) in [4.78, 5) is 37.0. The van der Waals surface area contributed by atoms with E-state index < -0.39 is 33.4 Å². The van der Waals surface area contributed by atoms with Gasteiger partial charge in [-0.05, 0) is 30.4 Å². The van der Waals surface area contributed by atoms with E-state index in [0.29, 0.717) is 18.2 Å². The second-order valence-corrected chi connectivity index (χ2v) is 9.66. The molecule has 1 unspecified atom stereocenters. The molecule has 0 saturated carbocycles. The molecule has 2 amide bonds. The Bertz CT molecular complexity index is 1270. The monoisotopic (exact) mass is 447 g/mol. The van der Waals surface area contributed by atoms with E-state index in [4.69, 9.17) is 0 Å². The maximum Gasteiger partial charge on any atom is 0.290 e. The first-order valence-electron chi connectivity index (χ1n) is 9.02. The van der Waals surface area contributed by atoms with Gasteiger partial charge < -0.3 is 0 Å². The van der Waals surface area contributed by atoms with Crippen LogP contribution in [0.4, 0.5) is 0 Å². The molecule has 1 atom stereocenters. The number of aromatic nitrogens is 2. The number of hydrogen-bond donors (Lipinski definition) is 3. The fourth-order valence-corrected chi connectivity index (χ4v) is 6.14. The Morgan fingerprint density at radius 3 is 2.63 bits per heavy atom. The lowest BCUT2D eigenvalue weighted by Crippen LogP contribution is -2.51. The first kappa shape index (κ1) is 20.2. The highest BCUT2D eigenvalue weighted by atomic mass is 32.2. The third-order valence-corrected chi connectivity index (χ3v) is 8.06. The molecule has 1 aliphatic rings.